The molecule has 86 valence electrons. The number of rotatable bonds is 3. The highest BCUT2D eigenvalue weighted by Crippen LogP contribution is 2.04. The van der Waals surface area contributed by atoms with Gasteiger partial charge in [0.15, 0.2) is 5.11 Å². The second kappa shape index (κ2) is 6.79. The van der Waals surface area contributed by atoms with Crippen LogP contribution in [0.5, 0.6) is 0 Å². The number of hydrogen-bond donors (Lipinski definition) is 2. The Bertz CT molecular complexity index is 354. The van der Waals surface area contributed by atoms with E-state index in [1.165, 1.54) is 0 Å². The zero-order chi connectivity index (χ0) is 11.8. The Morgan fingerprint density at radius 2 is 2.06 bits per heavy atom. The summed E-state index contributed by atoms with van der Waals surface area (Å²) in [6.07, 6.45) is 0.252. The maximum atomic E-state index is 11.1. The van der Waals surface area contributed by atoms with Crippen molar-refractivity contribution < 1.29 is 9.53 Å². The minimum atomic E-state index is -0.532. The molecule has 0 aliphatic heterocycles. The zero-order valence-corrected chi connectivity index (χ0v) is 9.84. The average molecular weight is 238 g/mol. The maximum Gasteiger partial charge on any atom is 0.413 e. The molecule has 1 aromatic carbocycles. The number of nitrogens with one attached hydrogen (secondary N) is 2. The van der Waals surface area contributed by atoms with Gasteiger partial charge in [-0.25, -0.2) is 4.79 Å². The Morgan fingerprint density at radius 3 is 2.69 bits per heavy atom. The Labute approximate surface area is 100.0 Å². The third kappa shape index (κ3) is 4.75. The van der Waals surface area contributed by atoms with Crippen molar-refractivity contribution in [1.82, 2.24) is 5.32 Å². The summed E-state index contributed by atoms with van der Waals surface area (Å²) in [4.78, 5) is 11.1. The number of ether oxygens (including phenoxy) is 1. The van der Waals surface area contributed by atoms with E-state index in [0.29, 0.717) is 6.61 Å². The highest BCUT2D eigenvalue weighted by atomic mass is 32.1. The summed E-state index contributed by atoms with van der Waals surface area (Å²) >= 11 is 4.94. The summed E-state index contributed by atoms with van der Waals surface area (Å²) < 4.78 is 4.82. The maximum absolute atomic E-state index is 11.1. The van der Waals surface area contributed by atoms with E-state index in [1.807, 2.05) is 37.3 Å². The van der Waals surface area contributed by atoms with Crippen molar-refractivity contribution in [2.45, 2.75) is 13.3 Å². The molecule has 0 radical (unpaired) electrons. The first-order chi connectivity index (χ1) is 7.72. The van der Waals surface area contributed by atoms with Crippen LogP contribution in [0.1, 0.15) is 13.3 Å². The summed E-state index contributed by atoms with van der Waals surface area (Å²) in [5, 5.41) is 5.52. The van der Waals surface area contributed by atoms with Crippen LogP contribution in [0.2, 0.25) is 0 Å². The summed E-state index contributed by atoms with van der Waals surface area (Å²) in [5.41, 5.74) is 0.822. The van der Waals surface area contributed by atoms with Gasteiger partial charge in [-0.1, -0.05) is 25.1 Å². The molecule has 0 spiro atoms. The first-order valence-corrected chi connectivity index (χ1v) is 5.43. The third-order valence-electron chi connectivity index (χ3n) is 1.68. The molecule has 0 saturated carbocycles. The quantitative estimate of drug-likeness (QED) is 0.794. The highest BCUT2D eigenvalue weighted by Gasteiger charge is 2.04. The molecule has 0 aromatic heterocycles. The number of alkyl carbamates (subject to hydrolysis) is 1. The van der Waals surface area contributed by atoms with Crippen molar-refractivity contribution in [2.24, 2.45) is 0 Å². The molecular weight excluding hydrogens is 224 g/mol. The molecular formula is C11H14N2O2S. The number of carbonyl (C=O) groups excluding carboxylic acids is 1. The molecule has 16 heavy (non-hydrogen) atoms. The number of anilines is 1. The van der Waals surface area contributed by atoms with Crippen molar-refractivity contribution in [3.63, 3.8) is 0 Å². The lowest BCUT2D eigenvalue weighted by Crippen LogP contribution is -2.34. The Hall–Kier alpha value is -1.62. The van der Waals surface area contributed by atoms with E-state index in [2.05, 4.69) is 10.6 Å². The van der Waals surface area contributed by atoms with Gasteiger partial charge in [-0.15, -0.1) is 0 Å². The van der Waals surface area contributed by atoms with Gasteiger partial charge >= 0.3 is 6.09 Å². The van der Waals surface area contributed by atoms with E-state index in [9.17, 15) is 4.79 Å². The normalized spacial score (nSPS) is 9.31. The average Bonchev–Trinajstić information content (AvgIpc) is 2.27. The van der Waals surface area contributed by atoms with Crippen LogP contribution >= 0.6 is 12.2 Å². The topological polar surface area (TPSA) is 50.4 Å². The molecule has 0 bridgehead atoms. The summed E-state index contributed by atoms with van der Waals surface area (Å²) in [7, 11) is 0. The zero-order valence-electron chi connectivity index (χ0n) is 9.03. The molecule has 1 rings (SSSR count). The molecule has 0 saturated heterocycles. The minimum Gasteiger partial charge on any atom is -0.449 e. The van der Waals surface area contributed by atoms with Crippen molar-refractivity contribution >= 4 is 29.1 Å². The SMILES string of the molecule is CCCOC(=O)NC(=S)Nc1ccccc1. The predicted octanol–water partition coefficient (Wildman–Crippen LogP) is 2.52. The number of para-hydroxylation sites is 1. The van der Waals surface area contributed by atoms with Crippen LogP contribution in [-0.4, -0.2) is 17.8 Å². The molecule has 0 aliphatic rings. The van der Waals surface area contributed by atoms with E-state index in [0.717, 1.165) is 12.1 Å². The molecule has 0 unspecified atom stereocenters. The fourth-order valence-electron chi connectivity index (χ4n) is 1.01. The van der Waals surface area contributed by atoms with Gasteiger partial charge in [-0.3, -0.25) is 5.32 Å². The molecule has 4 nitrogen and oxygen atoms in total. The van der Waals surface area contributed by atoms with Gasteiger partial charge in [0.25, 0.3) is 0 Å². The lowest BCUT2D eigenvalue weighted by Gasteiger charge is -2.09. The van der Waals surface area contributed by atoms with Gasteiger partial charge in [0.05, 0.1) is 6.61 Å². The smallest absolute Gasteiger partial charge is 0.413 e. The first-order valence-electron chi connectivity index (χ1n) is 5.02. The van der Waals surface area contributed by atoms with Crippen LogP contribution in [0.3, 0.4) is 0 Å². The van der Waals surface area contributed by atoms with Crippen LogP contribution in [0.15, 0.2) is 30.3 Å². The lowest BCUT2D eigenvalue weighted by molar-refractivity contribution is 0.152. The first kappa shape index (κ1) is 12.4. The summed E-state index contributed by atoms with van der Waals surface area (Å²) in [6, 6.07) is 9.36. The van der Waals surface area contributed by atoms with E-state index in [4.69, 9.17) is 17.0 Å². The largest absolute Gasteiger partial charge is 0.449 e. The van der Waals surface area contributed by atoms with Gasteiger partial charge < -0.3 is 10.1 Å². The Morgan fingerprint density at radius 1 is 1.38 bits per heavy atom. The number of hydrogen-bond acceptors (Lipinski definition) is 3. The Kier molecular flexibility index (Phi) is 5.28. The van der Waals surface area contributed by atoms with Gasteiger partial charge in [-0.05, 0) is 30.8 Å². The Balaban J connectivity index is 2.34. The second-order valence-corrected chi connectivity index (χ2v) is 3.49. The number of benzene rings is 1. The predicted molar refractivity (Wildman–Crippen MR) is 67.4 cm³/mol. The lowest BCUT2D eigenvalue weighted by atomic mass is 10.3. The van der Waals surface area contributed by atoms with Crippen LogP contribution in [0.4, 0.5) is 10.5 Å². The molecule has 0 atom stereocenters. The fraction of sp³-hybridized carbons (Fsp3) is 0.273. The van der Waals surface area contributed by atoms with Gasteiger partial charge in [0.1, 0.15) is 0 Å². The molecule has 0 fully saturated rings. The van der Waals surface area contributed by atoms with Gasteiger partial charge in [0.2, 0.25) is 0 Å². The molecule has 5 heteroatoms. The van der Waals surface area contributed by atoms with E-state index in [-0.39, 0.29) is 5.11 Å². The van der Waals surface area contributed by atoms with Crippen LogP contribution in [-0.2, 0) is 4.74 Å². The van der Waals surface area contributed by atoms with Crippen molar-refractivity contribution in [3.05, 3.63) is 30.3 Å². The van der Waals surface area contributed by atoms with Gasteiger partial charge in [0, 0.05) is 5.69 Å². The third-order valence-corrected chi connectivity index (χ3v) is 1.89. The molecule has 0 heterocycles. The monoisotopic (exact) mass is 238 g/mol. The molecule has 1 amide bonds. The minimum absolute atomic E-state index is 0.229. The molecule has 0 aliphatic carbocycles. The number of carbonyl (C=O) groups is 1. The number of amides is 1. The van der Waals surface area contributed by atoms with Crippen molar-refractivity contribution in [2.75, 3.05) is 11.9 Å². The van der Waals surface area contributed by atoms with Crippen molar-refractivity contribution in [1.29, 1.82) is 0 Å². The summed E-state index contributed by atoms with van der Waals surface area (Å²) in [6.45, 7) is 2.31. The molecule has 2 N–H and O–H groups in total. The van der Waals surface area contributed by atoms with Gasteiger partial charge in [-0.2, -0.15) is 0 Å². The van der Waals surface area contributed by atoms with E-state index < -0.39 is 6.09 Å². The van der Waals surface area contributed by atoms with Crippen LogP contribution < -0.4 is 10.6 Å². The highest BCUT2D eigenvalue weighted by molar-refractivity contribution is 7.80. The fourth-order valence-corrected chi connectivity index (χ4v) is 1.21. The van der Waals surface area contributed by atoms with E-state index >= 15 is 0 Å². The van der Waals surface area contributed by atoms with Crippen molar-refractivity contribution in [3.8, 4) is 0 Å². The summed E-state index contributed by atoms with van der Waals surface area (Å²) in [5.74, 6) is 0. The number of thiocarbonyl (C=S) groups is 1. The van der Waals surface area contributed by atoms with Crippen LogP contribution in [0, 0.1) is 0 Å². The van der Waals surface area contributed by atoms with E-state index in [1.54, 1.807) is 0 Å². The van der Waals surface area contributed by atoms with Crippen LogP contribution in [0.25, 0.3) is 0 Å². The standard InChI is InChI=1S/C11H14N2O2S/c1-2-8-15-11(14)13-10(16)12-9-6-4-3-5-7-9/h3-7H,2,8H2,1H3,(H2,12,13,14,16). The molecule has 1 aromatic rings. The second-order valence-electron chi connectivity index (χ2n) is 3.08.